The lowest BCUT2D eigenvalue weighted by molar-refractivity contribution is 0.0421. The van der Waals surface area contributed by atoms with E-state index in [1.807, 2.05) is 0 Å². The van der Waals surface area contributed by atoms with Crippen LogP contribution in [0.4, 0.5) is 0 Å². The molecular formula is C14H18O4. The van der Waals surface area contributed by atoms with Gasteiger partial charge in [-0.15, -0.1) is 0 Å². The summed E-state index contributed by atoms with van der Waals surface area (Å²) in [6.45, 7) is 0.449. The second-order valence-corrected chi connectivity index (χ2v) is 4.76. The summed E-state index contributed by atoms with van der Waals surface area (Å²) in [5.74, 6) is -0.252. The molecule has 4 nitrogen and oxygen atoms in total. The lowest BCUT2D eigenvalue weighted by Crippen LogP contribution is -2.29. The van der Waals surface area contributed by atoms with E-state index in [2.05, 4.69) is 0 Å². The van der Waals surface area contributed by atoms with Crippen molar-refractivity contribution < 1.29 is 19.7 Å². The molecule has 0 aliphatic heterocycles. The van der Waals surface area contributed by atoms with E-state index in [-0.39, 0.29) is 17.6 Å². The summed E-state index contributed by atoms with van der Waals surface area (Å²) in [6.07, 6.45) is 3.72. The van der Waals surface area contributed by atoms with Crippen LogP contribution in [-0.2, 0) is 0 Å². The molecule has 0 amide bonds. The Labute approximate surface area is 106 Å². The van der Waals surface area contributed by atoms with E-state index in [4.69, 9.17) is 9.84 Å². The number of rotatable bonds is 4. The van der Waals surface area contributed by atoms with Gasteiger partial charge in [0.2, 0.25) is 0 Å². The maximum Gasteiger partial charge on any atom is 0.335 e. The minimum Gasteiger partial charge on any atom is -0.493 e. The summed E-state index contributed by atoms with van der Waals surface area (Å²) in [5, 5.41) is 18.7. The van der Waals surface area contributed by atoms with Crippen LogP contribution in [0.1, 0.15) is 36.0 Å². The standard InChI is InChI=1S/C14H18O4/c15-13-7-2-1-4-11(13)9-18-12-6-3-5-10(8-12)14(16)17/h3,5-6,8,11,13,15H,1-2,4,7,9H2,(H,16,17). The van der Waals surface area contributed by atoms with Gasteiger partial charge in [0.15, 0.2) is 0 Å². The quantitative estimate of drug-likeness (QED) is 0.860. The molecule has 2 unspecified atom stereocenters. The van der Waals surface area contributed by atoms with Crippen molar-refractivity contribution in [3.8, 4) is 5.75 Å². The van der Waals surface area contributed by atoms with E-state index in [9.17, 15) is 9.90 Å². The van der Waals surface area contributed by atoms with E-state index < -0.39 is 5.97 Å². The first-order valence-corrected chi connectivity index (χ1v) is 6.31. The molecule has 0 spiro atoms. The Morgan fingerprint density at radius 1 is 1.33 bits per heavy atom. The van der Waals surface area contributed by atoms with Crippen molar-refractivity contribution in [2.75, 3.05) is 6.61 Å². The summed E-state index contributed by atoms with van der Waals surface area (Å²) in [7, 11) is 0. The van der Waals surface area contributed by atoms with Gasteiger partial charge in [0, 0.05) is 5.92 Å². The van der Waals surface area contributed by atoms with E-state index in [0.29, 0.717) is 12.4 Å². The highest BCUT2D eigenvalue weighted by Crippen LogP contribution is 2.25. The second kappa shape index (κ2) is 5.87. The molecule has 2 atom stereocenters. The van der Waals surface area contributed by atoms with E-state index >= 15 is 0 Å². The highest BCUT2D eigenvalue weighted by atomic mass is 16.5. The Balaban J connectivity index is 1.93. The molecular weight excluding hydrogens is 232 g/mol. The van der Waals surface area contributed by atoms with E-state index in [1.165, 1.54) is 12.1 Å². The number of aromatic carboxylic acids is 1. The van der Waals surface area contributed by atoms with E-state index in [0.717, 1.165) is 25.7 Å². The lowest BCUT2D eigenvalue weighted by Gasteiger charge is -2.27. The maximum absolute atomic E-state index is 10.8. The van der Waals surface area contributed by atoms with Gasteiger partial charge in [0.1, 0.15) is 5.75 Å². The fourth-order valence-electron chi connectivity index (χ4n) is 2.30. The van der Waals surface area contributed by atoms with Crippen molar-refractivity contribution in [2.24, 2.45) is 5.92 Å². The minimum absolute atomic E-state index is 0.159. The first kappa shape index (κ1) is 12.9. The molecule has 0 bridgehead atoms. The smallest absolute Gasteiger partial charge is 0.335 e. The predicted molar refractivity (Wildman–Crippen MR) is 66.9 cm³/mol. The van der Waals surface area contributed by atoms with Crippen LogP contribution in [0.3, 0.4) is 0 Å². The average Bonchev–Trinajstić information content (AvgIpc) is 2.38. The number of hydrogen-bond donors (Lipinski definition) is 2. The molecule has 1 aliphatic rings. The van der Waals surface area contributed by atoms with Crippen LogP contribution in [0, 0.1) is 5.92 Å². The maximum atomic E-state index is 10.8. The number of ether oxygens (including phenoxy) is 1. The van der Waals surface area contributed by atoms with Crippen molar-refractivity contribution >= 4 is 5.97 Å². The molecule has 18 heavy (non-hydrogen) atoms. The summed E-state index contributed by atoms with van der Waals surface area (Å²) in [6, 6.07) is 6.44. The third-order valence-electron chi connectivity index (χ3n) is 3.41. The van der Waals surface area contributed by atoms with Crippen molar-refractivity contribution in [3.63, 3.8) is 0 Å². The van der Waals surface area contributed by atoms with Crippen LogP contribution in [0.25, 0.3) is 0 Å². The fourth-order valence-corrected chi connectivity index (χ4v) is 2.30. The van der Waals surface area contributed by atoms with Gasteiger partial charge >= 0.3 is 5.97 Å². The Kier molecular flexibility index (Phi) is 4.20. The second-order valence-electron chi connectivity index (χ2n) is 4.76. The SMILES string of the molecule is O=C(O)c1cccc(OCC2CCCCC2O)c1. The summed E-state index contributed by atoms with van der Waals surface area (Å²) in [4.78, 5) is 10.8. The molecule has 98 valence electrons. The average molecular weight is 250 g/mol. The largest absolute Gasteiger partial charge is 0.493 e. The molecule has 0 radical (unpaired) electrons. The number of aliphatic hydroxyl groups is 1. The molecule has 1 aromatic rings. The van der Waals surface area contributed by atoms with Crippen molar-refractivity contribution in [2.45, 2.75) is 31.8 Å². The van der Waals surface area contributed by atoms with Crippen molar-refractivity contribution in [3.05, 3.63) is 29.8 Å². The molecule has 0 aromatic heterocycles. The normalized spacial score (nSPS) is 23.6. The zero-order chi connectivity index (χ0) is 13.0. The summed E-state index contributed by atoms with van der Waals surface area (Å²) >= 11 is 0. The fraction of sp³-hybridized carbons (Fsp3) is 0.500. The molecule has 0 saturated heterocycles. The number of benzene rings is 1. The van der Waals surface area contributed by atoms with Crippen molar-refractivity contribution in [1.29, 1.82) is 0 Å². The first-order valence-electron chi connectivity index (χ1n) is 6.31. The Bertz CT molecular complexity index is 416. The molecule has 1 aromatic carbocycles. The Morgan fingerprint density at radius 2 is 2.11 bits per heavy atom. The van der Waals surface area contributed by atoms with Gasteiger partial charge in [-0.05, 0) is 31.0 Å². The zero-order valence-corrected chi connectivity index (χ0v) is 10.2. The predicted octanol–water partition coefficient (Wildman–Crippen LogP) is 2.31. The monoisotopic (exact) mass is 250 g/mol. The van der Waals surface area contributed by atoms with Crippen LogP contribution in [0.5, 0.6) is 5.75 Å². The molecule has 2 N–H and O–H groups in total. The third kappa shape index (κ3) is 3.23. The first-order chi connectivity index (χ1) is 8.66. The molecule has 0 heterocycles. The van der Waals surface area contributed by atoms with Crippen molar-refractivity contribution in [1.82, 2.24) is 0 Å². The van der Waals surface area contributed by atoms with E-state index in [1.54, 1.807) is 12.1 Å². The number of carboxylic acid groups (broad SMARTS) is 1. The van der Waals surface area contributed by atoms with Crippen LogP contribution in [-0.4, -0.2) is 28.9 Å². The zero-order valence-electron chi connectivity index (χ0n) is 10.2. The number of aliphatic hydroxyl groups excluding tert-OH is 1. The number of carbonyl (C=O) groups is 1. The lowest BCUT2D eigenvalue weighted by atomic mass is 9.87. The Hall–Kier alpha value is -1.55. The third-order valence-corrected chi connectivity index (χ3v) is 3.41. The highest BCUT2D eigenvalue weighted by molar-refractivity contribution is 5.87. The highest BCUT2D eigenvalue weighted by Gasteiger charge is 2.23. The van der Waals surface area contributed by atoms with Gasteiger partial charge in [0.25, 0.3) is 0 Å². The van der Waals surface area contributed by atoms with Crippen LogP contribution in [0.15, 0.2) is 24.3 Å². The molecule has 2 rings (SSSR count). The van der Waals surface area contributed by atoms with Gasteiger partial charge in [-0.2, -0.15) is 0 Å². The summed E-state index contributed by atoms with van der Waals surface area (Å²) in [5.41, 5.74) is 0.219. The van der Waals surface area contributed by atoms with Gasteiger partial charge in [0.05, 0.1) is 18.3 Å². The van der Waals surface area contributed by atoms with Gasteiger partial charge in [-0.25, -0.2) is 4.79 Å². The topological polar surface area (TPSA) is 66.8 Å². The molecule has 1 aliphatic carbocycles. The molecule has 1 fully saturated rings. The summed E-state index contributed by atoms with van der Waals surface area (Å²) < 4.78 is 5.58. The molecule has 4 heteroatoms. The Morgan fingerprint density at radius 3 is 2.83 bits per heavy atom. The van der Waals surface area contributed by atoms with Crippen LogP contribution in [0.2, 0.25) is 0 Å². The van der Waals surface area contributed by atoms with Crippen LogP contribution < -0.4 is 4.74 Å². The van der Waals surface area contributed by atoms with Gasteiger partial charge < -0.3 is 14.9 Å². The number of carboxylic acids is 1. The molecule has 1 saturated carbocycles. The van der Waals surface area contributed by atoms with Gasteiger partial charge in [-0.1, -0.05) is 18.9 Å². The van der Waals surface area contributed by atoms with Gasteiger partial charge in [-0.3, -0.25) is 0 Å². The number of hydrogen-bond acceptors (Lipinski definition) is 3. The van der Waals surface area contributed by atoms with Crippen LogP contribution >= 0.6 is 0 Å². The minimum atomic E-state index is -0.960.